The number of aliphatic hydroxyl groups is 1. The number of nitrogens with zero attached hydrogens (tertiary/aromatic N) is 1. The van der Waals surface area contributed by atoms with Gasteiger partial charge in [-0.25, -0.2) is 0 Å². The minimum Gasteiger partial charge on any atom is -0.392 e. The third-order valence-corrected chi connectivity index (χ3v) is 3.64. The van der Waals surface area contributed by atoms with Crippen LogP contribution < -0.4 is 5.73 Å². The number of nitrogens with two attached hydrogens (primary N) is 1. The monoisotopic (exact) mass is 270 g/mol. The molecule has 3 N–H and O–H groups in total. The first-order chi connectivity index (χ1) is 9.70. The van der Waals surface area contributed by atoms with Gasteiger partial charge in [0.1, 0.15) is 0 Å². The van der Waals surface area contributed by atoms with Crippen LogP contribution in [-0.4, -0.2) is 22.7 Å². The van der Waals surface area contributed by atoms with Gasteiger partial charge in [-0.3, -0.25) is 4.98 Å². The van der Waals surface area contributed by atoms with Crippen molar-refractivity contribution in [3.8, 4) is 0 Å². The second-order valence-electron chi connectivity index (χ2n) is 5.19. The van der Waals surface area contributed by atoms with Crippen LogP contribution in [0.5, 0.6) is 0 Å². The maximum atomic E-state index is 10.4. The van der Waals surface area contributed by atoms with Crippen molar-refractivity contribution in [3.63, 3.8) is 0 Å². The van der Waals surface area contributed by atoms with Crippen molar-refractivity contribution < 1.29 is 5.11 Å². The fourth-order valence-electron chi connectivity index (χ4n) is 2.34. The van der Waals surface area contributed by atoms with Gasteiger partial charge in [0.05, 0.1) is 6.10 Å². The lowest BCUT2D eigenvalue weighted by Gasteiger charge is -2.21. The minimum absolute atomic E-state index is 0.0957. The van der Waals surface area contributed by atoms with Crippen molar-refractivity contribution in [1.29, 1.82) is 0 Å². The summed E-state index contributed by atoms with van der Waals surface area (Å²) in [6.45, 7) is 2.48. The molecular formula is C17H22N2O. The molecule has 2 atom stereocenters. The molecule has 0 aliphatic rings. The summed E-state index contributed by atoms with van der Waals surface area (Å²) in [5.74, 6) is -0.0957. The Morgan fingerprint density at radius 3 is 2.50 bits per heavy atom. The van der Waals surface area contributed by atoms with Crippen LogP contribution in [0, 0.1) is 6.92 Å². The highest BCUT2D eigenvalue weighted by atomic mass is 16.3. The smallest absolute Gasteiger partial charge is 0.0639 e. The molecule has 1 aromatic heterocycles. The predicted molar refractivity (Wildman–Crippen MR) is 81.5 cm³/mol. The number of hydrogen-bond acceptors (Lipinski definition) is 3. The summed E-state index contributed by atoms with van der Waals surface area (Å²) in [6, 6.07) is 14.1. The number of aryl methyl sites for hydroxylation is 2. The Bertz CT molecular complexity index is 510. The molecule has 0 aliphatic carbocycles. The normalized spacial score (nSPS) is 13.9. The fourth-order valence-corrected chi connectivity index (χ4v) is 2.34. The number of aliphatic hydroxyl groups excluding tert-OH is 1. The quantitative estimate of drug-likeness (QED) is 0.847. The van der Waals surface area contributed by atoms with E-state index in [1.807, 2.05) is 18.2 Å². The number of rotatable bonds is 6. The largest absolute Gasteiger partial charge is 0.392 e. The van der Waals surface area contributed by atoms with E-state index in [1.54, 1.807) is 6.20 Å². The van der Waals surface area contributed by atoms with Gasteiger partial charge in [-0.2, -0.15) is 0 Å². The number of pyridine rings is 1. The molecule has 2 rings (SSSR count). The molecule has 0 amide bonds. The maximum absolute atomic E-state index is 10.4. The zero-order chi connectivity index (χ0) is 14.4. The Balaban J connectivity index is 1.96. The summed E-state index contributed by atoms with van der Waals surface area (Å²) in [5.41, 5.74) is 9.16. The van der Waals surface area contributed by atoms with Gasteiger partial charge in [-0.05, 0) is 37.5 Å². The first-order valence-corrected chi connectivity index (χ1v) is 7.05. The van der Waals surface area contributed by atoms with Crippen molar-refractivity contribution >= 4 is 0 Å². The molecule has 0 saturated heterocycles. The van der Waals surface area contributed by atoms with Gasteiger partial charge in [0.25, 0.3) is 0 Å². The summed E-state index contributed by atoms with van der Waals surface area (Å²) in [6.07, 6.45) is 2.83. The topological polar surface area (TPSA) is 59.1 Å². The summed E-state index contributed by atoms with van der Waals surface area (Å²) in [4.78, 5) is 4.30. The van der Waals surface area contributed by atoms with E-state index in [4.69, 9.17) is 5.73 Å². The molecule has 0 aliphatic heterocycles. The van der Waals surface area contributed by atoms with Gasteiger partial charge in [-0.1, -0.05) is 35.9 Å². The van der Waals surface area contributed by atoms with Gasteiger partial charge in [0.15, 0.2) is 0 Å². The van der Waals surface area contributed by atoms with Crippen LogP contribution in [0.15, 0.2) is 48.7 Å². The Morgan fingerprint density at radius 2 is 1.90 bits per heavy atom. The Kier molecular flexibility index (Phi) is 5.27. The highest BCUT2D eigenvalue weighted by Gasteiger charge is 2.20. The highest BCUT2D eigenvalue weighted by Crippen LogP contribution is 2.20. The average molecular weight is 270 g/mol. The third kappa shape index (κ3) is 3.89. The lowest BCUT2D eigenvalue weighted by atomic mass is 9.93. The summed E-state index contributed by atoms with van der Waals surface area (Å²) in [5, 5.41) is 10.4. The van der Waals surface area contributed by atoms with E-state index in [1.165, 1.54) is 11.1 Å². The van der Waals surface area contributed by atoms with Crippen LogP contribution in [0.25, 0.3) is 0 Å². The highest BCUT2D eigenvalue weighted by molar-refractivity contribution is 5.21. The van der Waals surface area contributed by atoms with E-state index < -0.39 is 6.10 Å². The second-order valence-corrected chi connectivity index (χ2v) is 5.19. The molecular weight excluding hydrogens is 248 g/mol. The van der Waals surface area contributed by atoms with E-state index in [0.29, 0.717) is 13.0 Å². The van der Waals surface area contributed by atoms with E-state index in [2.05, 4.69) is 36.2 Å². The first kappa shape index (κ1) is 14.7. The Morgan fingerprint density at radius 1 is 1.15 bits per heavy atom. The van der Waals surface area contributed by atoms with Gasteiger partial charge >= 0.3 is 0 Å². The minimum atomic E-state index is -0.462. The number of benzene rings is 1. The van der Waals surface area contributed by atoms with Crippen LogP contribution in [0.2, 0.25) is 0 Å². The molecule has 0 spiro atoms. The number of aromatic nitrogens is 1. The average Bonchev–Trinajstić information content (AvgIpc) is 2.48. The molecule has 1 aromatic carbocycles. The molecule has 0 saturated carbocycles. The third-order valence-electron chi connectivity index (χ3n) is 3.64. The number of hydrogen-bond donors (Lipinski definition) is 2. The zero-order valence-electron chi connectivity index (χ0n) is 11.9. The summed E-state index contributed by atoms with van der Waals surface area (Å²) >= 11 is 0. The van der Waals surface area contributed by atoms with E-state index in [0.717, 1.165) is 12.1 Å². The zero-order valence-corrected chi connectivity index (χ0v) is 11.9. The molecule has 20 heavy (non-hydrogen) atoms. The molecule has 1 heterocycles. The summed E-state index contributed by atoms with van der Waals surface area (Å²) in [7, 11) is 0. The van der Waals surface area contributed by atoms with E-state index in [-0.39, 0.29) is 5.92 Å². The molecule has 0 fully saturated rings. The Hall–Kier alpha value is -1.71. The van der Waals surface area contributed by atoms with Gasteiger partial charge in [0, 0.05) is 24.4 Å². The molecule has 3 nitrogen and oxygen atoms in total. The van der Waals surface area contributed by atoms with Gasteiger partial charge in [-0.15, -0.1) is 0 Å². The van der Waals surface area contributed by atoms with Crippen molar-refractivity contribution in [2.45, 2.75) is 31.8 Å². The molecule has 0 bridgehead atoms. The van der Waals surface area contributed by atoms with Crippen molar-refractivity contribution in [2.75, 3.05) is 6.54 Å². The predicted octanol–water partition coefficient (Wildman–Crippen LogP) is 2.43. The van der Waals surface area contributed by atoms with Gasteiger partial charge < -0.3 is 10.8 Å². The molecule has 2 unspecified atom stereocenters. The Labute approximate surface area is 120 Å². The van der Waals surface area contributed by atoms with Crippen LogP contribution in [0.1, 0.15) is 29.2 Å². The molecule has 2 aromatic rings. The van der Waals surface area contributed by atoms with Crippen LogP contribution in [-0.2, 0) is 6.42 Å². The second kappa shape index (κ2) is 7.17. The van der Waals surface area contributed by atoms with Crippen LogP contribution >= 0.6 is 0 Å². The molecule has 3 heteroatoms. The summed E-state index contributed by atoms with van der Waals surface area (Å²) < 4.78 is 0. The van der Waals surface area contributed by atoms with Crippen molar-refractivity contribution in [3.05, 3.63) is 65.5 Å². The lowest BCUT2D eigenvalue weighted by Crippen LogP contribution is -2.27. The fraction of sp³-hybridized carbons (Fsp3) is 0.353. The van der Waals surface area contributed by atoms with Crippen molar-refractivity contribution in [1.82, 2.24) is 4.98 Å². The lowest BCUT2D eigenvalue weighted by molar-refractivity contribution is 0.134. The first-order valence-electron chi connectivity index (χ1n) is 7.05. The van der Waals surface area contributed by atoms with Gasteiger partial charge in [0.2, 0.25) is 0 Å². The maximum Gasteiger partial charge on any atom is 0.0639 e. The van der Waals surface area contributed by atoms with E-state index >= 15 is 0 Å². The standard InChI is InChI=1S/C17H22N2O/c1-13-5-7-14(8-6-13)9-10-17(20)15(12-18)16-4-2-3-11-19-16/h2-8,11,15,17,20H,9-10,12,18H2,1H3. The van der Waals surface area contributed by atoms with E-state index in [9.17, 15) is 5.11 Å². The SMILES string of the molecule is Cc1ccc(CCC(O)C(CN)c2ccccn2)cc1. The molecule has 106 valence electrons. The van der Waals surface area contributed by atoms with Crippen LogP contribution in [0.3, 0.4) is 0 Å². The molecule has 0 radical (unpaired) electrons. The van der Waals surface area contributed by atoms with Crippen LogP contribution in [0.4, 0.5) is 0 Å². The van der Waals surface area contributed by atoms with Crippen molar-refractivity contribution in [2.24, 2.45) is 5.73 Å².